The molecule has 1 aromatic carbocycles. The number of carbonyl (C=O) groups excluding carboxylic acids is 1. The Labute approximate surface area is 158 Å². The molecule has 27 heavy (non-hydrogen) atoms. The highest BCUT2D eigenvalue weighted by Crippen LogP contribution is 2.11. The van der Waals surface area contributed by atoms with Crippen LogP contribution in [0.15, 0.2) is 36.5 Å². The molecule has 0 radical (unpaired) electrons. The first-order chi connectivity index (χ1) is 13.2. The van der Waals surface area contributed by atoms with Gasteiger partial charge in [0, 0.05) is 38.9 Å². The highest BCUT2D eigenvalue weighted by Gasteiger charge is 2.11. The van der Waals surface area contributed by atoms with Gasteiger partial charge in [-0.15, -0.1) is 0 Å². The van der Waals surface area contributed by atoms with Gasteiger partial charge < -0.3 is 20.1 Å². The Kier molecular flexibility index (Phi) is 6.95. The molecule has 1 aliphatic heterocycles. The molecule has 0 spiro atoms. The molecule has 1 amide bonds. The highest BCUT2D eigenvalue weighted by molar-refractivity contribution is 5.92. The van der Waals surface area contributed by atoms with Gasteiger partial charge in [0.2, 0.25) is 5.95 Å². The minimum absolute atomic E-state index is 0.232. The van der Waals surface area contributed by atoms with Crippen LogP contribution in [0.25, 0.3) is 0 Å². The number of aromatic nitrogens is 2. The first-order valence-electron chi connectivity index (χ1n) is 9.03. The van der Waals surface area contributed by atoms with Crippen LogP contribution < -0.4 is 15.4 Å². The fourth-order valence-electron chi connectivity index (χ4n) is 2.74. The van der Waals surface area contributed by atoms with E-state index in [1.165, 1.54) is 0 Å². The lowest BCUT2D eigenvalue weighted by molar-refractivity contribution is 0.0398. The van der Waals surface area contributed by atoms with E-state index in [0.717, 1.165) is 50.7 Å². The normalized spacial score (nSPS) is 14.6. The summed E-state index contributed by atoms with van der Waals surface area (Å²) < 4.78 is 10.5. The topological polar surface area (TPSA) is 88.6 Å². The summed E-state index contributed by atoms with van der Waals surface area (Å²) in [5.74, 6) is 1.01. The van der Waals surface area contributed by atoms with Crippen LogP contribution >= 0.6 is 0 Å². The third-order valence-electron chi connectivity index (χ3n) is 4.32. The molecule has 8 nitrogen and oxygen atoms in total. The van der Waals surface area contributed by atoms with Gasteiger partial charge in [-0.05, 0) is 23.8 Å². The summed E-state index contributed by atoms with van der Waals surface area (Å²) in [6, 6.07) is 9.16. The maximum absolute atomic E-state index is 12.3. The molecule has 1 aliphatic rings. The quantitative estimate of drug-likeness (QED) is 0.720. The van der Waals surface area contributed by atoms with Gasteiger partial charge in [-0.3, -0.25) is 9.69 Å². The SMILES string of the molecule is COc1ccc(CNC(=O)c2ccnc(NCCN3CCOCC3)n2)cc1. The average molecular weight is 371 g/mol. The standard InChI is InChI=1S/C19H25N5O3/c1-26-16-4-2-15(3-5-16)14-22-18(25)17-6-7-20-19(23-17)21-8-9-24-10-12-27-13-11-24/h2-7H,8-14H2,1H3,(H,22,25)(H,20,21,23). The van der Waals surface area contributed by atoms with Crippen molar-refractivity contribution in [1.29, 1.82) is 0 Å². The lowest BCUT2D eigenvalue weighted by Gasteiger charge is -2.26. The lowest BCUT2D eigenvalue weighted by atomic mass is 10.2. The van der Waals surface area contributed by atoms with Crippen LogP contribution in [-0.2, 0) is 11.3 Å². The summed E-state index contributed by atoms with van der Waals surface area (Å²) >= 11 is 0. The Morgan fingerprint density at radius 1 is 1.22 bits per heavy atom. The molecule has 0 atom stereocenters. The maximum Gasteiger partial charge on any atom is 0.270 e. The van der Waals surface area contributed by atoms with E-state index in [9.17, 15) is 4.79 Å². The molecule has 0 unspecified atom stereocenters. The number of benzene rings is 1. The van der Waals surface area contributed by atoms with Gasteiger partial charge in [0.15, 0.2) is 0 Å². The van der Waals surface area contributed by atoms with Crippen LogP contribution in [0.2, 0.25) is 0 Å². The third-order valence-corrected chi connectivity index (χ3v) is 4.32. The zero-order valence-corrected chi connectivity index (χ0v) is 15.5. The van der Waals surface area contributed by atoms with Gasteiger partial charge in [-0.25, -0.2) is 9.97 Å². The molecule has 2 heterocycles. The number of hydrogen-bond acceptors (Lipinski definition) is 7. The number of methoxy groups -OCH3 is 1. The van der Waals surface area contributed by atoms with E-state index in [0.29, 0.717) is 18.2 Å². The van der Waals surface area contributed by atoms with Gasteiger partial charge in [0.1, 0.15) is 11.4 Å². The van der Waals surface area contributed by atoms with Crippen molar-refractivity contribution in [1.82, 2.24) is 20.2 Å². The van der Waals surface area contributed by atoms with Crippen LogP contribution in [0.5, 0.6) is 5.75 Å². The smallest absolute Gasteiger partial charge is 0.270 e. The van der Waals surface area contributed by atoms with Crippen molar-refractivity contribution in [2.45, 2.75) is 6.54 Å². The van der Waals surface area contributed by atoms with E-state index in [1.807, 2.05) is 24.3 Å². The second-order valence-corrected chi connectivity index (χ2v) is 6.18. The number of hydrogen-bond donors (Lipinski definition) is 2. The molecule has 1 saturated heterocycles. The molecule has 1 fully saturated rings. The van der Waals surface area contributed by atoms with Gasteiger partial charge in [-0.2, -0.15) is 0 Å². The Morgan fingerprint density at radius 2 is 2.00 bits per heavy atom. The molecule has 0 bridgehead atoms. The lowest BCUT2D eigenvalue weighted by Crippen LogP contribution is -2.39. The predicted octanol–water partition coefficient (Wildman–Crippen LogP) is 1.16. The number of nitrogens with one attached hydrogen (secondary N) is 2. The van der Waals surface area contributed by atoms with E-state index in [-0.39, 0.29) is 5.91 Å². The first kappa shape index (κ1) is 19.1. The molecule has 1 aromatic heterocycles. The summed E-state index contributed by atoms with van der Waals surface area (Å²) in [4.78, 5) is 23.1. The molecule has 2 N–H and O–H groups in total. The second kappa shape index (κ2) is 9.84. The summed E-state index contributed by atoms with van der Waals surface area (Å²) in [6.07, 6.45) is 1.59. The number of anilines is 1. The van der Waals surface area contributed by atoms with Crippen molar-refractivity contribution in [3.63, 3.8) is 0 Å². The number of carbonyl (C=O) groups is 1. The molecule has 3 rings (SSSR count). The predicted molar refractivity (Wildman–Crippen MR) is 102 cm³/mol. The Hall–Kier alpha value is -2.71. The van der Waals surface area contributed by atoms with E-state index in [2.05, 4.69) is 25.5 Å². The Balaban J connectivity index is 1.47. The second-order valence-electron chi connectivity index (χ2n) is 6.18. The fourth-order valence-corrected chi connectivity index (χ4v) is 2.74. The first-order valence-corrected chi connectivity index (χ1v) is 9.03. The van der Waals surface area contributed by atoms with Crippen molar-refractivity contribution in [2.24, 2.45) is 0 Å². The minimum Gasteiger partial charge on any atom is -0.497 e. The zero-order chi connectivity index (χ0) is 18.9. The van der Waals surface area contributed by atoms with Crippen LogP contribution in [0, 0.1) is 0 Å². The van der Waals surface area contributed by atoms with Gasteiger partial charge in [-0.1, -0.05) is 12.1 Å². The Bertz CT molecular complexity index is 732. The van der Waals surface area contributed by atoms with Gasteiger partial charge in [0.25, 0.3) is 5.91 Å². The number of ether oxygens (including phenoxy) is 2. The van der Waals surface area contributed by atoms with Gasteiger partial charge in [0.05, 0.1) is 20.3 Å². The Morgan fingerprint density at radius 3 is 2.74 bits per heavy atom. The van der Waals surface area contributed by atoms with Gasteiger partial charge >= 0.3 is 0 Å². The largest absolute Gasteiger partial charge is 0.497 e. The van der Waals surface area contributed by atoms with E-state index in [1.54, 1.807) is 19.4 Å². The third kappa shape index (κ3) is 5.90. The van der Waals surface area contributed by atoms with Crippen LogP contribution in [0.1, 0.15) is 16.1 Å². The molecule has 0 saturated carbocycles. The molecule has 2 aromatic rings. The van der Waals surface area contributed by atoms with E-state index in [4.69, 9.17) is 9.47 Å². The fraction of sp³-hybridized carbons (Fsp3) is 0.421. The molecule has 144 valence electrons. The van der Waals surface area contributed by atoms with Crippen molar-refractivity contribution in [3.05, 3.63) is 47.8 Å². The molecule has 0 aliphatic carbocycles. The van der Waals surface area contributed by atoms with E-state index < -0.39 is 0 Å². The zero-order valence-electron chi connectivity index (χ0n) is 15.5. The summed E-state index contributed by atoms with van der Waals surface area (Å²) in [5, 5.41) is 6.04. The molecule has 8 heteroatoms. The average Bonchev–Trinajstić information content (AvgIpc) is 2.73. The number of rotatable bonds is 8. The molecular weight excluding hydrogens is 346 g/mol. The minimum atomic E-state index is -0.232. The highest BCUT2D eigenvalue weighted by atomic mass is 16.5. The van der Waals surface area contributed by atoms with Crippen molar-refractivity contribution < 1.29 is 14.3 Å². The number of morpholine rings is 1. The van der Waals surface area contributed by atoms with Crippen LogP contribution in [0.3, 0.4) is 0 Å². The van der Waals surface area contributed by atoms with Crippen LogP contribution in [-0.4, -0.2) is 67.3 Å². The van der Waals surface area contributed by atoms with E-state index >= 15 is 0 Å². The van der Waals surface area contributed by atoms with Crippen molar-refractivity contribution in [3.8, 4) is 5.75 Å². The summed E-state index contributed by atoms with van der Waals surface area (Å²) in [6.45, 7) is 5.47. The maximum atomic E-state index is 12.3. The summed E-state index contributed by atoms with van der Waals surface area (Å²) in [7, 11) is 1.62. The van der Waals surface area contributed by atoms with Crippen molar-refractivity contribution in [2.75, 3.05) is 51.8 Å². The molecular formula is C19H25N5O3. The number of amides is 1. The van der Waals surface area contributed by atoms with Crippen LogP contribution in [0.4, 0.5) is 5.95 Å². The summed E-state index contributed by atoms with van der Waals surface area (Å²) in [5.41, 5.74) is 1.33. The number of nitrogens with zero attached hydrogens (tertiary/aromatic N) is 3. The monoisotopic (exact) mass is 371 g/mol. The van der Waals surface area contributed by atoms with Crippen molar-refractivity contribution >= 4 is 11.9 Å².